The second-order valence-electron chi connectivity index (χ2n) is 3.13. The molecule has 1 unspecified atom stereocenters. The van der Waals surface area contributed by atoms with Crippen LogP contribution in [0.5, 0.6) is 0 Å². The molecule has 0 spiro atoms. The molecule has 1 atom stereocenters. The number of rotatable bonds is 1. The van der Waals surface area contributed by atoms with E-state index in [2.05, 4.69) is 0 Å². The minimum atomic E-state index is -0.572. The quantitative estimate of drug-likeness (QED) is 0.558. The molecule has 1 amide bonds. The first-order valence-corrected chi connectivity index (χ1v) is 3.22. The molecule has 0 radical (unpaired) electrons. The van der Waals surface area contributed by atoms with Crippen molar-refractivity contribution in [2.75, 3.05) is 0 Å². The Labute approximate surface area is 60.4 Å². The van der Waals surface area contributed by atoms with E-state index in [9.17, 15) is 4.79 Å². The second kappa shape index (κ2) is 2.56. The molecule has 0 aliphatic carbocycles. The van der Waals surface area contributed by atoms with Crippen LogP contribution in [-0.2, 0) is 4.79 Å². The summed E-state index contributed by atoms with van der Waals surface area (Å²) in [6, 6.07) is 0. The van der Waals surface area contributed by atoms with Gasteiger partial charge in [0.25, 0.3) is 0 Å². The highest BCUT2D eigenvalue weighted by molar-refractivity contribution is 6.31. The summed E-state index contributed by atoms with van der Waals surface area (Å²) in [7, 11) is 0. The molecule has 0 saturated heterocycles. The molecule has 0 aromatic heterocycles. The van der Waals surface area contributed by atoms with Gasteiger partial charge in [0, 0.05) is 0 Å². The first kappa shape index (κ1) is 8.76. The molecule has 3 heteroatoms. The fourth-order valence-electron chi connectivity index (χ4n) is 0.427. The van der Waals surface area contributed by atoms with Gasteiger partial charge in [-0.2, -0.15) is 0 Å². The first-order valence-electron chi connectivity index (χ1n) is 2.79. The van der Waals surface area contributed by atoms with Gasteiger partial charge in [0.2, 0.25) is 5.91 Å². The standard InChI is InChI=1S/C6H12ClNO/c1-6(2,3)4(7)5(8)9/h4H,1-3H3,(H2,8,9). The Morgan fingerprint density at radius 3 is 1.89 bits per heavy atom. The van der Waals surface area contributed by atoms with Crippen molar-refractivity contribution in [2.45, 2.75) is 26.1 Å². The van der Waals surface area contributed by atoms with Crippen molar-refractivity contribution in [1.29, 1.82) is 0 Å². The highest BCUT2D eigenvalue weighted by atomic mass is 35.5. The topological polar surface area (TPSA) is 43.1 Å². The zero-order valence-electron chi connectivity index (χ0n) is 5.94. The summed E-state index contributed by atoms with van der Waals surface area (Å²) in [5.41, 5.74) is 4.72. The highest BCUT2D eigenvalue weighted by Gasteiger charge is 2.26. The average Bonchev–Trinajstić information content (AvgIpc) is 1.62. The van der Waals surface area contributed by atoms with Crippen LogP contribution in [0, 0.1) is 5.41 Å². The van der Waals surface area contributed by atoms with Gasteiger partial charge < -0.3 is 5.73 Å². The third-order valence-electron chi connectivity index (χ3n) is 1.01. The zero-order chi connectivity index (χ0) is 7.65. The monoisotopic (exact) mass is 149 g/mol. The maximum Gasteiger partial charge on any atom is 0.236 e. The van der Waals surface area contributed by atoms with Gasteiger partial charge in [-0.25, -0.2) is 0 Å². The summed E-state index contributed by atoms with van der Waals surface area (Å²) in [5, 5.41) is -0.572. The highest BCUT2D eigenvalue weighted by Crippen LogP contribution is 2.23. The van der Waals surface area contributed by atoms with Crippen LogP contribution in [0.15, 0.2) is 0 Å². The lowest BCUT2D eigenvalue weighted by Crippen LogP contribution is -2.34. The van der Waals surface area contributed by atoms with Gasteiger partial charge in [-0.1, -0.05) is 20.8 Å². The van der Waals surface area contributed by atoms with E-state index >= 15 is 0 Å². The maximum atomic E-state index is 10.4. The Kier molecular flexibility index (Phi) is 2.50. The molecule has 54 valence electrons. The molecular formula is C6H12ClNO. The fourth-order valence-corrected chi connectivity index (χ4v) is 0.427. The number of carbonyl (C=O) groups excluding carboxylic acids is 1. The smallest absolute Gasteiger partial charge is 0.236 e. The van der Waals surface area contributed by atoms with Gasteiger partial charge in [-0.15, -0.1) is 11.6 Å². The summed E-state index contributed by atoms with van der Waals surface area (Å²) in [6.45, 7) is 5.61. The second-order valence-corrected chi connectivity index (χ2v) is 3.57. The van der Waals surface area contributed by atoms with Crippen molar-refractivity contribution in [2.24, 2.45) is 11.1 Å². The molecule has 0 aliphatic rings. The van der Waals surface area contributed by atoms with Crippen molar-refractivity contribution < 1.29 is 4.79 Å². The van der Waals surface area contributed by atoms with Crippen molar-refractivity contribution >= 4 is 17.5 Å². The van der Waals surface area contributed by atoms with Gasteiger partial charge in [0.15, 0.2) is 0 Å². The fraction of sp³-hybridized carbons (Fsp3) is 0.833. The van der Waals surface area contributed by atoms with Crippen LogP contribution < -0.4 is 5.73 Å². The molecule has 0 aromatic carbocycles. The van der Waals surface area contributed by atoms with Crippen LogP contribution in [0.1, 0.15) is 20.8 Å². The zero-order valence-corrected chi connectivity index (χ0v) is 6.70. The van der Waals surface area contributed by atoms with Crippen molar-refractivity contribution in [3.05, 3.63) is 0 Å². The van der Waals surface area contributed by atoms with E-state index in [0.29, 0.717) is 0 Å². The van der Waals surface area contributed by atoms with Crippen LogP contribution in [0.25, 0.3) is 0 Å². The van der Waals surface area contributed by atoms with E-state index < -0.39 is 11.3 Å². The van der Waals surface area contributed by atoms with Crippen molar-refractivity contribution in [3.63, 3.8) is 0 Å². The van der Waals surface area contributed by atoms with Gasteiger partial charge in [0.05, 0.1) is 0 Å². The lowest BCUT2D eigenvalue weighted by Gasteiger charge is -2.21. The number of primary amides is 1. The Hall–Kier alpha value is -0.240. The molecule has 0 aliphatic heterocycles. The molecule has 2 N–H and O–H groups in total. The van der Waals surface area contributed by atoms with Gasteiger partial charge >= 0.3 is 0 Å². The molecule has 9 heavy (non-hydrogen) atoms. The summed E-state index contributed by atoms with van der Waals surface area (Å²) < 4.78 is 0. The Bertz CT molecular complexity index is 117. The third-order valence-corrected chi connectivity index (χ3v) is 1.88. The summed E-state index contributed by atoms with van der Waals surface area (Å²) in [6.07, 6.45) is 0. The number of hydrogen-bond acceptors (Lipinski definition) is 1. The van der Waals surface area contributed by atoms with E-state index in [1.165, 1.54) is 0 Å². The van der Waals surface area contributed by atoms with Crippen molar-refractivity contribution in [1.82, 2.24) is 0 Å². The number of amides is 1. The summed E-state index contributed by atoms with van der Waals surface area (Å²) >= 11 is 5.62. The molecule has 2 nitrogen and oxygen atoms in total. The summed E-state index contributed by atoms with van der Waals surface area (Å²) in [4.78, 5) is 10.4. The van der Waals surface area contributed by atoms with Crippen LogP contribution in [0.4, 0.5) is 0 Å². The van der Waals surface area contributed by atoms with Crippen LogP contribution >= 0.6 is 11.6 Å². The van der Waals surface area contributed by atoms with Gasteiger partial charge in [0.1, 0.15) is 5.38 Å². The number of nitrogens with two attached hydrogens (primary N) is 1. The minimum Gasteiger partial charge on any atom is -0.368 e. The number of carbonyl (C=O) groups is 1. The minimum absolute atomic E-state index is 0.229. The number of halogens is 1. The van der Waals surface area contributed by atoms with Crippen LogP contribution in [0.2, 0.25) is 0 Å². The first-order chi connectivity index (χ1) is 3.85. The maximum absolute atomic E-state index is 10.4. The Balaban J connectivity index is 4.04. The molecule has 0 heterocycles. The van der Waals surface area contributed by atoms with E-state index in [1.807, 2.05) is 20.8 Å². The molecule has 0 rings (SSSR count). The van der Waals surface area contributed by atoms with E-state index in [0.717, 1.165) is 0 Å². The van der Waals surface area contributed by atoms with Crippen LogP contribution in [-0.4, -0.2) is 11.3 Å². The van der Waals surface area contributed by atoms with Crippen LogP contribution in [0.3, 0.4) is 0 Å². The lowest BCUT2D eigenvalue weighted by molar-refractivity contribution is -0.119. The van der Waals surface area contributed by atoms with E-state index in [4.69, 9.17) is 17.3 Å². The molecule has 0 bridgehead atoms. The molecular weight excluding hydrogens is 138 g/mol. The SMILES string of the molecule is CC(C)(C)C(Cl)C(N)=O. The predicted octanol–water partition coefficient (Wildman–Crippen LogP) is 1.13. The normalized spacial score (nSPS) is 15.1. The molecule has 0 aromatic rings. The third kappa shape index (κ3) is 2.70. The molecule has 0 saturated carbocycles. The number of hydrogen-bond donors (Lipinski definition) is 1. The Morgan fingerprint density at radius 1 is 1.56 bits per heavy atom. The predicted molar refractivity (Wildman–Crippen MR) is 38.3 cm³/mol. The van der Waals surface area contributed by atoms with E-state index in [1.54, 1.807) is 0 Å². The molecule has 0 fully saturated rings. The van der Waals surface area contributed by atoms with Gasteiger partial charge in [-0.05, 0) is 5.41 Å². The Morgan fingerprint density at radius 2 is 1.89 bits per heavy atom. The lowest BCUT2D eigenvalue weighted by atomic mass is 9.91. The van der Waals surface area contributed by atoms with E-state index in [-0.39, 0.29) is 5.41 Å². The van der Waals surface area contributed by atoms with Crippen molar-refractivity contribution in [3.8, 4) is 0 Å². The average molecular weight is 150 g/mol. The summed E-state index contributed by atoms with van der Waals surface area (Å²) in [5.74, 6) is -0.454. The number of alkyl halides is 1. The van der Waals surface area contributed by atoms with Gasteiger partial charge in [-0.3, -0.25) is 4.79 Å². The largest absolute Gasteiger partial charge is 0.368 e.